The second kappa shape index (κ2) is 11.7. The highest BCUT2D eigenvalue weighted by molar-refractivity contribution is 5.34. The minimum Gasteiger partial charge on any atom is -0.429 e. The van der Waals surface area contributed by atoms with Crippen LogP contribution in [-0.4, -0.2) is 0 Å². The van der Waals surface area contributed by atoms with E-state index in [2.05, 4.69) is 11.7 Å². The zero-order valence-corrected chi connectivity index (χ0v) is 20.1. The summed E-state index contributed by atoms with van der Waals surface area (Å²) >= 11 is 0. The molecule has 36 heavy (non-hydrogen) atoms. The van der Waals surface area contributed by atoms with Gasteiger partial charge in [-0.05, 0) is 79.3 Å². The quantitative estimate of drug-likeness (QED) is 0.227. The maximum Gasteiger partial charge on any atom is 0.429 e. The summed E-state index contributed by atoms with van der Waals surface area (Å²) in [7, 11) is 0. The lowest BCUT2D eigenvalue weighted by Gasteiger charge is -2.21. The standard InChI is InChI=1S/C28H28F6O2/c1-3-5-7-19-9-14-22(15-10-19)35-27(31,32)21-12-16-23(17-13-21)36-28(33,34)24-18-11-20(8-6-4-2)25(29)26(24)30/h9-18H,3-8H2,1-2H3. The number of halogens is 6. The zero-order valence-electron chi connectivity index (χ0n) is 20.1. The number of hydrogen-bond acceptors (Lipinski definition) is 2. The summed E-state index contributed by atoms with van der Waals surface area (Å²) in [6.45, 7) is 3.92. The van der Waals surface area contributed by atoms with Crippen LogP contribution in [0.2, 0.25) is 0 Å². The van der Waals surface area contributed by atoms with Gasteiger partial charge in [-0.25, -0.2) is 8.78 Å². The van der Waals surface area contributed by atoms with Crippen molar-refractivity contribution in [3.8, 4) is 11.5 Å². The number of rotatable bonds is 12. The maximum atomic E-state index is 14.6. The smallest absolute Gasteiger partial charge is 0.429 e. The molecule has 0 aliphatic heterocycles. The average Bonchev–Trinajstić information content (AvgIpc) is 2.84. The fraction of sp³-hybridized carbons (Fsp3) is 0.357. The van der Waals surface area contributed by atoms with E-state index >= 15 is 0 Å². The van der Waals surface area contributed by atoms with Crippen molar-refractivity contribution in [2.45, 2.75) is 64.6 Å². The molecule has 0 spiro atoms. The Bertz CT molecular complexity index is 1130. The first kappa shape index (κ1) is 27.4. The van der Waals surface area contributed by atoms with Gasteiger partial charge >= 0.3 is 12.2 Å². The van der Waals surface area contributed by atoms with Gasteiger partial charge in [0.15, 0.2) is 11.6 Å². The minimum absolute atomic E-state index is 0.00363. The van der Waals surface area contributed by atoms with Crippen molar-refractivity contribution in [2.24, 2.45) is 0 Å². The second-order valence-corrected chi connectivity index (χ2v) is 8.51. The number of unbranched alkanes of at least 4 members (excludes halogenated alkanes) is 2. The molecule has 0 N–H and O–H groups in total. The molecule has 2 nitrogen and oxygen atoms in total. The number of ether oxygens (including phenoxy) is 2. The van der Waals surface area contributed by atoms with Crippen LogP contribution < -0.4 is 9.47 Å². The molecular formula is C28H28F6O2. The largest absolute Gasteiger partial charge is 0.429 e. The number of aryl methyl sites for hydroxylation is 2. The van der Waals surface area contributed by atoms with E-state index < -0.39 is 40.7 Å². The van der Waals surface area contributed by atoms with Gasteiger partial charge in [-0.3, -0.25) is 0 Å². The minimum atomic E-state index is -4.23. The number of hydrogen-bond donors (Lipinski definition) is 0. The summed E-state index contributed by atoms with van der Waals surface area (Å²) in [5.41, 5.74) is -0.871. The van der Waals surface area contributed by atoms with E-state index in [9.17, 15) is 26.3 Å². The lowest BCUT2D eigenvalue weighted by molar-refractivity contribution is -0.188. The molecule has 3 aromatic carbocycles. The van der Waals surface area contributed by atoms with Gasteiger partial charge < -0.3 is 9.47 Å². The van der Waals surface area contributed by atoms with E-state index in [1.165, 1.54) is 12.1 Å². The molecule has 0 saturated heterocycles. The molecule has 0 atom stereocenters. The highest BCUT2D eigenvalue weighted by atomic mass is 19.3. The predicted octanol–water partition coefficient (Wildman–Crippen LogP) is 8.91. The fourth-order valence-corrected chi connectivity index (χ4v) is 3.61. The SMILES string of the molecule is CCCCc1ccc(OC(F)(F)c2ccc(OC(F)(F)c3ccc(CCCC)c(F)c3F)cc2)cc1. The van der Waals surface area contributed by atoms with Gasteiger partial charge in [0.05, 0.1) is 5.56 Å². The van der Waals surface area contributed by atoms with E-state index in [0.717, 1.165) is 67.6 Å². The van der Waals surface area contributed by atoms with Crippen LogP contribution in [0.25, 0.3) is 0 Å². The Morgan fingerprint density at radius 3 is 1.72 bits per heavy atom. The lowest BCUT2D eigenvalue weighted by Crippen LogP contribution is -2.25. The van der Waals surface area contributed by atoms with Crippen molar-refractivity contribution < 1.29 is 35.8 Å². The van der Waals surface area contributed by atoms with Gasteiger partial charge in [0, 0.05) is 0 Å². The summed E-state index contributed by atoms with van der Waals surface area (Å²) < 4.78 is 96.3. The van der Waals surface area contributed by atoms with Gasteiger partial charge in [0.2, 0.25) is 0 Å². The molecule has 3 rings (SSSR count). The average molecular weight is 511 g/mol. The Morgan fingerprint density at radius 2 is 1.14 bits per heavy atom. The highest BCUT2D eigenvalue weighted by Crippen LogP contribution is 2.37. The molecule has 0 bridgehead atoms. The molecule has 0 radical (unpaired) electrons. The Hall–Kier alpha value is -3.16. The Labute approximate surface area is 206 Å². The molecule has 0 heterocycles. The van der Waals surface area contributed by atoms with Crippen molar-refractivity contribution in [3.63, 3.8) is 0 Å². The van der Waals surface area contributed by atoms with Gasteiger partial charge in [-0.2, -0.15) is 17.6 Å². The van der Waals surface area contributed by atoms with E-state index in [4.69, 9.17) is 4.74 Å². The van der Waals surface area contributed by atoms with Crippen molar-refractivity contribution in [1.82, 2.24) is 0 Å². The number of benzene rings is 3. The summed E-state index contributed by atoms with van der Waals surface area (Å²) in [5.74, 6) is -3.61. The van der Waals surface area contributed by atoms with E-state index in [1.54, 1.807) is 12.1 Å². The van der Waals surface area contributed by atoms with Crippen LogP contribution >= 0.6 is 0 Å². The van der Waals surface area contributed by atoms with Crippen LogP contribution in [-0.2, 0) is 25.1 Å². The zero-order chi connectivity index (χ0) is 26.3. The topological polar surface area (TPSA) is 18.5 Å². The Morgan fingerprint density at radius 1 is 0.611 bits per heavy atom. The van der Waals surface area contributed by atoms with Crippen molar-refractivity contribution in [2.75, 3.05) is 0 Å². The van der Waals surface area contributed by atoms with E-state index in [0.29, 0.717) is 6.42 Å². The molecular weight excluding hydrogens is 482 g/mol. The normalized spacial score (nSPS) is 12.0. The first-order valence-corrected chi connectivity index (χ1v) is 11.9. The fourth-order valence-electron chi connectivity index (χ4n) is 3.61. The van der Waals surface area contributed by atoms with Crippen LogP contribution in [0.15, 0.2) is 60.7 Å². The molecule has 0 aliphatic carbocycles. The highest BCUT2D eigenvalue weighted by Gasteiger charge is 2.40. The molecule has 0 unspecified atom stereocenters. The number of alkyl halides is 4. The Balaban J connectivity index is 1.70. The van der Waals surface area contributed by atoms with E-state index in [1.807, 2.05) is 6.92 Å². The molecule has 0 fully saturated rings. The molecule has 194 valence electrons. The van der Waals surface area contributed by atoms with Crippen LogP contribution in [0.5, 0.6) is 11.5 Å². The third-order valence-electron chi connectivity index (χ3n) is 5.70. The molecule has 8 heteroatoms. The van der Waals surface area contributed by atoms with Gasteiger partial charge in [0.25, 0.3) is 0 Å². The first-order chi connectivity index (χ1) is 17.1. The van der Waals surface area contributed by atoms with Crippen molar-refractivity contribution >= 4 is 0 Å². The third-order valence-corrected chi connectivity index (χ3v) is 5.70. The molecule has 0 aliphatic rings. The summed E-state index contributed by atoms with van der Waals surface area (Å²) in [5, 5.41) is 0. The molecule has 3 aromatic rings. The van der Waals surface area contributed by atoms with Crippen molar-refractivity contribution in [1.29, 1.82) is 0 Å². The monoisotopic (exact) mass is 510 g/mol. The summed E-state index contributed by atoms with van der Waals surface area (Å²) in [4.78, 5) is 0. The van der Waals surface area contributed by atoms with Crippen LogP contribution in [0.3, 0.4) is 0 Å². The van der Waals surface area contributed by atoms with Gasteiger partial charge in [-0.15, -0.1) is 0 Å². The van der Waals surface area contributed by atoms with E-state index in [-0.39, 0.29) is 17.7 Å². The summed E-state index contributed by atoms with van der Waals surface area (Å²) in [6, 6.07) is 11.7. The molecule has 0 saturated carbocycles. The van der Waals surface area contributed by atoms with Gasteiger partial charge in [0.1, 0.15) is 17.1 Å². The maximum absolute atomic E-state index is 14.6. The molecule has 0 aromatic heterocycles. The van der Waals surface area contributed by atoms with Gasteiger partial charge in [-0.1, -0.05) is 44.9 Å². The summed E-state index contributed by atoms with van der Waals surface area (Å²) in [6.07, 6.45) is -3.62. The van der Waals surface area contributed by atoms with Crippen LogP contribution in [0.1, 0.15) is 61.8 Å². The van der Waals surface area contributed by atoms with Crippen LogP contribution in [0, 0.1) is 11.6 Å². The lowest BCUT2D eigenvalue weighted by atomic mass is 10.0. The van der Waals surface area contributed by atoms with Crippen molar-refractivity contribution in [3.05, 3.63) is 94.6 Å². The predicted molar refractivity (Wildman–Crippen MR) is 126 cm³/mol. The first-order valence-electron chi connectivity index (χ1n) is 11.9. The third kappa shape index (κ3) is 6.74. The Kier molecular flexibility index (Phi) is 8.93. The molecule has 0 amide bonds. The second-order valence-electron chi connectivity index (χ2n) is 8.51. The van der Waals surface area contributed by atoms with Crippen LogP contribution in [0.4, 0.5) is 26.3 Å².